The molecule has 0 bridgehead atoms. The number of fused-ring (bicyclic) bond motifs is 2. The van der Waals surface area contributed by atoms with Gasteiger partial charge in [0.2, 0.25) is 4.96 Å². The van der Waals surface area contributed by atoms with E-state index in [-0.39, 0.29) is 19.4 Å². The number of methoxy groups -OCH3 is 2. The molecule has 4 aromatic heterocycles. The highest BCUT2D eigenvalue weighted by Gasteiger charge is 2.34. The molecule has 1 saturated heterocycles. The third kappa shape index (κ3) is 4.32. The number of halogens is 2. The second kappa shape index (κ2) is 8.89. The van der Waals surface area contributed by atoms with Crippen LogP contribution in [0.25, 0.3) is 27.4 Å². The molecule has 188 valence electrons. The van der Waals surface area contributed by atoms with E-state index in [2.05, 4.69) is 15.1 Å². The summed E-state index contributed by atoms with van der Waals surface area (Å²) in [5.74, 6) is -0.856. The number of rotatable bonds is 7. The predicted octanol–water partition coefficient (Wildman–Crippen LogP) is 5.49. The Morgan fingerprint density at radius 2 is 1.94 bits per heavy atom. The molecule has 1 aliphatic rings. The third-order valence-corrected chi connectivity index (χ3v) is 7.78. The lowest BCUT2D eigenvalue weighted by atomic mass is 10.1. The van der Waals surface area contributed by atoms with E-state index in [1.165, 1.54) is 22.7 Å². The van der Waals surface area contributed by atoms with Crippen molar-refractivity contribution in [1.29, 1.82) is 0 Å². The molecule has 13 heteroatoms. The molecule has 5 aromatic rings. The number of anilines is 1. The van der Waals surface area contributed by atoms with E-state index in [1.54, 1.807) is 37.1 Å². The molecule has 0 saturated carbocycles. The van der Waals surface area contributed by atoms with Crippen molar-refractivity contribution in [3.63, 3.8) is 0 Å². The number of thiazole rings is 1. The van der Waals surface area contributed by atoms with Crippen LogP contribution in [0.15, 0.2) is 34.2 Å². The summed E-state index contributed by atoms with van der Waals surface area (Å²) in [7, 11) is 3.14. The van der Waals surface area contributed by atoms with Gasteiger partial charge in [-0.3, -0.25) is 0 Å². The van der Waals surface area contributed by atoms with Crippen LogP contribution in [0.1, 0.15) is 18.5 Å². The molecule has 1 aromatic carbocycles. The summed E-state index contributed by atoms with van der Waals surface area (Å²) >= 11 is 2.76. The summed E-state index contributed by atoms with van der Waals surface area (Å²) in [6, 6.07) is 5.45. The molecular formula is C23H21F2N5O4S2. The van der Waals surface area contributed by atoms with Crippen LogP contribution >= 0.6 is 22.7 Å². The number of ether oxygens (including phenoxy) is 3. The Balaban J connectivity index is 1.23. The smallest absolute Gasteiger partial charge is 0.294 e. The molecule has 6 rings (SSSR count). The zero-order valence-electron chi connectivity index (χ0n) is 19.4. The lowest BCUT2D eigenvalue weighted by molar-refractivity contribution is -0.0220. The number of hydrogen-bond acceptors (Lipinski definition) is 10. The lowest BCUT2D eigenvalue weighted by Gasteiger charge is -2.31. The Hall–Kier alpha value is -3.45. The Bertz CT molecular complexity index is 1500. The van der Waals surface area contributed by atoms with Crippen molar-refractivity contribution < 1.29 is 27.4 Å². The summed E-state index contributed by atoms with van der Waals surface area (Å²) in [6.07, 6.45) is 1.47. The zero-order valence-corrected chi connectivity index (χ0v) is 21.0. The molecule has 0 atom stereocenters. The van der Waals surface area contributed by atoms with Gasteiger partial charge < -0.3 is 23.5 Å². The monoisotopic (exact) mass is 533 g/mol. The van der Waals surface area contributed by atoms with Crippen LogP contribution in [0.2, 0.25) is 0 Å². The molecule has 5 heterocycles. The number of imidazole rings is 1. The molecule has 0 N–H and O–H groups in total. The molecule has 9 nitrogen and oxygen atoms in total. The van der Waals surface area contributed by atoms with Crippen molar-refractivity contribution in [2.75, 3.05) is 32.2 Å². The second-order valence-corrected chi connectivity index (χ2v) is 10.1. The van der Waals surface area contributed by atoms with Crippen LogP contribution in [-0.2, 0) is 6.61 Å². The van der Waals surface area contributed by atoms with Gasteiger partial charge in [-0.15, -0.1) is 16.4 Å². The summed E-state index contributed by atoms with van der Waals surface area (Å²) < 4.78 is 51.4. The van der Waals surface area contributed by atoms with Crippen molar-refractivity contribution in [2.24, 2.45) is 0 Å². The standard InChI is InChI=1S/C23H21F2N5O4S2/c1-31-14-7-17(33-11-13-12-35-20(26-13)29-5-3-23(24,25)4-6-29)15-9-19(34-18(15)8-14)16-10-30-21(27-16)36-22(28-30)32-2/h7-10,12H,3-6,11H2,1-2H3. The normalized spacial score (nSPS) is 15.6. The van der Waals surface area contributed by atoms with E-state index >= 15 is 0 Å². The molecule has 0 unspecified atom stereocenters. The molecule has 36 heavy (non-hydrogen) atoms. The highest BCUT2D eigenvalue weighted by atomic mass is 32.1. The molecule has 0 amide bonds. The topological polar surface area (TPSA) is 87.2 Å². The molecule has 0 radical (unpaired) electrons. The van der Waals surface area contributed by atoms with Crippen LogP contribution in [0.5, 0.6) is 16.7 Å². The number of aromatic nitrogens is 4. The molecular weight excluding hydrogens is 512 g/mol. The molecule has 0 aliphatic carbocycles. The van der Waals surface area contributed by atoms with Crippen LogP contribution in [0, 0.1) is 0 Å². The van der Waals surface area contributed by atoms with E-state index in [0.29, 0.717) is 51.8 Å². The zero-order chi connectivity index (χ0) is 24.9. The summed E-state index contributed by atoms with van der Waals surface area (Å²) in [5, 5.41) is 8.21. The lowest BCUT2D eigenvalue weighted by Crippen LogP contribution is -2.39. The van der Waals surface area contributed by atoms with Crippen molar-refractivity contribution in [1.82, 2.24) is 19.6 Å². The van der Waals surface area contributed by atoms with Gasteiger partial charge in [-0.05, 0) is 17.4 Å². The second-order valence-electron chi connectivity index (χ2n) is 8.33. The number of furan rings is 1. The fourth-order valence-electron chi connectivity index (χ4n) is 4.01. The Morgan fingerprint density at radius 3 is 2.69 bits per heavy atom. The summed E-state index contributed by atoms with van der Waals surface area (Å²) in [6.45, 7) is 0.805. The van der Waals surface area contributed by atoms with Crippen LogP contribution in [-0.4, -0.2) is 52.8 Å². The fraction of sp³-hybridized carbons (Fsp3) is 0.348. The Labute approximate surface area is 211 Å². The first kappa shape index (κ1) is 23.0. The largest absolute Gasteiger partial charge is 0.496 e. The number of nitrogens with zero attached hydrogens (tertiary/aromatic N) is 5. The number of piperidine rings is 1. The minimum Gasteiger partial charge on any atom is -0.496 e. The van der Waals surface area contributed by atoms with Crippen molar-refractivity contribution in [2.45, 2.75) is 25.4 Å². The maximum atomic E-state index is 13.5. The number of alkyl halides is 2. The van der Waals surface area contributed by atoms with Gasteiger partial charge in [0.15, 0.2) is 10.9 Å². The van der Waals surface area contributed by atoms with Crippen LogP contribution in [0.3, 0.4) is 0 Å². The molecule has 0 spiro atoms. The third-order valence-electron chi connectivity index (χ3n) is 5.94. The fourth-order valence-corrected chi connectivity index (χ4v) is 5.58. The molecule has 1 aliphatic heterocycles. The van der Waals surface area contributed by atoms with E-state index < -0.39 is 5.92 Å². The van der Waals surface area contributed by atoms with Crippen molar-refractivity contribution in [3.8, 4) is 28.1 Å². The quantitative estimate of drug-likeness (QED) is 0.271. The van der Waals surface area contributed by atoms with Gasteiger partial charge in [-0.2, -0.15) is 0 Å². The van der Waals surface area contributed by atoms with Gasteiger partial charge in [-0.1, -0.05) is 0 Å². The van der Waals surface area contributed by atoms with Gasteiger partial charge in [0.1, 0.15) is 29.4 Å². The number of hydrogen-bond donors (Lipinski definition) is 0. The summed E-state index contributed by atoms with van der Waals surface area (Å²) in [4.78, 5) is 11.8. The van der Waals surface area contributed by atoms with Gasteiger partial charge in [0.25, 0.3) is 11.1 Å². The number of benzene rings is 1. The first-order valence-electron chi connectivity index (χ1n) is 11.1. The first-order valence-corrected chi connectivity index (χ1v) is 12.8. The Morgan fingerprint density at radius 1 is 1.11 bits per heavy atom. The average molecular weight is 534 g/mol. The van der Waals surface area contributed by atoms with E-state index in [9.17, 15) is 8.78 Å². The van der Waals surface area contributed by atoms with Crippen LogP contribution < -0.4 is 19.1 Å². The van der Waals surface area contributed by atoms with E-state index in [1.807, 2.05) is 16.3 Å². The highest BCUT2D eigenvalue weighted by Crippen LogP contribution is 2.38. The molecule has 1 fully saturated rings. The van der Waals surface area contributed by atoms with Gasteiger partial charge >= 0.3 is 0 Å². The maximum absolute atomic E-state index is 13.5. The van der Waals surface area contributed by atoms with Gasteiger partial charge in [0, 0.05) is 43.4 Å². The maximum Gasteiger partial charge on any atom is 0.294 e. The van der Waals surface area contributed by atoms with Gasteiger partial charge in [0.05, 0.1) is 31.5 Å². The predicted molar refractivity (Wildman–Crippen MR) is 132 cm³/mol. The minimum atomic E-state index is -2.59. The highest BCUT2D eigenvalue weighted by molar-refractivity contribution is 7.18. The van der Waals surface area contributed by atoms with E-state index in [0.717, 1.165) is 16.2 Å². The minimum absolute atomic E-state index is 0.151. The summed E-state index contributed by atoms with van der Waals surface area (Å²) in [5.41, 5.74) is 1.95. The van der Waals surface area contributed by atoms with Crippen molar-refractivity contribution in [3.05, 3.63) is 35.5 Å². The average Bonchev–Trinajstić information content (AvgIpc) is 3.64. The van der Waals surface area contributed by atoms with Crippen molar-refractivity contribution >= 4 is 43.7 Å². The SMILES string of the molecule is COc1cc(OCc2csc(N3CCC(F)(F)CC3)n2)c2cc(-c3cn4nc(OC)sc4n3)oc2c1. The van der Waals surface area contributed by atoms with Crippen LogP contribution in [0.4, 0.5) is 13.9 Å². The van der Waals surface area contributed by atoms with E-state index in [4.69, 9.17) is 18.6 Å². The first-order chi connectivity index (χ1) is 17.4. The van der Waals surface area contributed by atoms with Gasteiger partial charge in [-0.25, -0.2) is 23.3 Å². The Kier molecular flexibility index (Phi) is 5.67.